The molecule has 0 radical (unpaired) electrons. The molecule has 2 N–H and O–H groups in total. The summed E-state index contributed by atoms with van der Waals surface area (Å²) in [5.74, 6) is -1.52. The highest BCUT2D eigenvalue weighted by Gasteiger charge is 2.38. The summed E-state index contributed by atoms with van der Waals surface area (Å²) >= 11 is 0. The average Bonchev–Trinajstić information content (AvgIpc) is 3.00. The number of carbonyl (C=O) groups is 3. The Morgan fingerprint density at radius 2 is 2.10 bits per heavy atom. The third kappa shape index (κ3) is 4.64. The zero-order valence-corrected chi connectivity index (χ0v) is 16.3. The van der Waals surface area contributed by atoms with Crippen LogP contribution in [0.2, 0.25) is 0 Å². The van der Waals surface area contributed by atoms with Crippen LogP contribution in [0.1, 0.15) is 13.3 Å². The first-order chi connectivity index (χ1) is 13.6. The molecule has 0 unspecified atom stereocenters. The molecule has 1 atom stereocenters. The van der Waals surface area contributed by atoms with Crippen LogP contribution >= 0.6 is 7.75 Å². The number of hydrogen-bond donors (Lipinski definition) is 2. The van der Waals surface area contributed by atoms with Gasteiger partial charge in [-0.25, -0.2) is 18.4 Å². The van der Waals surface area contributed by atoms with Crippen LogP contribution in [0.25, 0.3) is 0 Å². The van der Waals surface area contributed by atoms with Gasteiger partial charge in [-0.15, -0.1) is 0 Å². The molecule has 1 aromatic carbocycles. The molecular formula is C17H19FN3O7P. The molecule has 2 aliphatic rings. The fourth-order valence-electron chi connectivity index (χ4n) is 3.10. The summed E-state index contributed by atoms with van der Waals surface area (Å²) in [6.45, 7) is 0.724. The molecule has 156 valence electrons. The van der Waals surface area contributed by atoms with Crippen LogP contribution in [0.3, 0.4) is 0 Å². The van der Waals surface area contributed by atoms with Gasteiger partial charge in [-0.1, -0.05) is 0 Å². The number of amides is 2. The van der Waals surface area contributed by atoms with Gasteiger partial charge in [-0.05, 0) is 24.3 Å². The van der Waals surface area contributed by atoms with Gasteiger partial charge in [0.15, 0.2) is 5.78 Å². The second kappa shape index (κ2) is 7.94. The number of anilines is 2. The van der Waals surface area contributed by atoms with Crippen LogP contribution in [0, 0.1) is 5.82 Å². The first kappa shape index (κ1) is 21.0. The van der Waals surface area contributed by atoms with Gasteiger partial charge in [0.05, 0.1) is 24.5 Å². The van der Waals surface area contributed by atoms with Crippen molar-refractivity contribution >= 4 is 36.9 Å². The molecular weight excluding hydrogens is 408 g/mol. The van der Waals surface area contributed by atoms with Crippen molar-refractivity contribution in [2.24, 2.45) is 0 Å². The second-order valence-corrected chi connectivity index (χ2v) is 8.10. The maximum absolute atomic E-state index is 14.6. The minimum atomic E-state index is -4.85. The van der Waals surface area contributed by atoms with Crippen LogP contribution in [-0.2, 0) is 18.9 Å². The first-order valence-electron chi connectivity index (χ1n) is 8.66. The monoisotopic (exact) mass is 427 g/mol. The van der Waals surface area contributed by atoms with Gasteiger partial charge in [0.2, 0.25) is 5.91 Å². The molecule has 12 heteroatoms. The Bertz CT molecular complexity index is 932. The lowest BCUT2D eigenvalue weighted by Gasteiger charge is -2.24. The number of ether oxygens (including phenoxy) is 1. The van der Waals surface area contributed by atoms with Gasteiger partial charge in [-0.2, -0.15) is 0 Å². The molecule has 1 saturated heterocycles. The lowest BCUT2D eigenvalue weighted by Crippen LogP contribution is -2.35. The van der Waals surface area contributed by atoms with Gasteiger partial charge in [0, 0.05) is 26.1 Å². The van der Waals surface area contributed by atoms with E-state index in [4.69, 9.17) is 4.74 Å². The Morgan fingerprint density at radius 1 is 1.38 bits per heavy atom. The van der Waals surface area contributed by atoms with Crippen molar-refractivity contribution in [3.05, 3.63) is 36.3 Å². The fourth-order valence-corrected chi connectivity index (χ4v) is 3.86. The van der Waals surface area contributed by atoms with E-state index in [9.17, 15) is 33.1 Å². The predicted octanol–water partition coefficient (Wildman–Crippen LogP) is 1.39. The quantitative estimate of drug-likeness (QED) is 0.675. The Labute approximate surface area is 165 Å². The number of carbonyl (C=O) groups excluding carboxylic acids is 3. The van der Waals surface area contributed by atoms with E-state index in [-0.39, 0.29) is 30.1 Å². The van der Waals surface area contributed by atoms with Crippen molar-refractivity contribution in [1.29, 1.82) is 0 Å². The number of rotatable bonds is 5. The predicted molar refractivity (Wildman–Crippen MR) is 99.6 cm³/mol. The Hall–Kier alpha value is -2.75. The van der Waals surface area contributed by atoms with E-state index in [1.807, 2.05) is 0 Å². The third-order valence-electron chi connectivity index (χ3n) is 4.52. The van der Waals surface area contributed by atoms with E-state index in [1.165, 1.54) is 24.4 Å². The lowest BCUT2D eigenvalue weighted by molar-refractivity contribution is -0.126. The number of ketones is 1. The summed E-state index contributed by atoms with van der Waals surface area (Å²) < 4.78 is 31.4. The molecule has 2 aliphatic heterocycles. The Kier molecular flexibility index (Phi) is 5.74. The topological polar surface area (TPSA) is 128 Å². The van der Waals surface area contributed by atoms with Gasteiger partial charge >= 0.3 is 13.8 Å². The molecule has 1 aromatic rings. The third-order valence-corrected chi connectivity index (χ3v) is 5.59. The maximum atomic E-state index is 14.6. The standard InChI is InChI=1S/C17H19FN3O7P/c1-11(22)21(29(25,26)27)10-14-9-20(17(24)28-14)12-2-3-16(15(18)8-12)19-6-4-13(23)5-7-19/h2-4,6,8,14H,5,7,9-10H2,1H3,(H2,25,26,27)/t14-/m1/s1. The molecule has 0 saturated carbocycles. The minimum Gasteiger partial charge on any atom is -0.442 e. The summed E-state index contributed by atoms with van der Waals surface area (Å²) in [4.78, 5) is 56.1. The van der Waals surface area contributed by atoms with E-state index in [0.29, 0.717) is 11.2 Å². The molecule has 3 rings (SSSR count). The summed E-state index contributed by atoms with van der Waals surface area (Å²) in [5, 5.41) is 0. The van der Waals surface area contributed by atoms with Crippen molar-refractivity contribution in [3.63, 3.8) is 0 Å². The van der Waals surface area contributed by atoms with Gasteiger partial charge in [0.25, 0.3) is 0 Å². The molecule has 0 spiro atoms. The number of nitrogens with zero attached hydrogens (tertiary/aromatic N) is 3. The molecule has 2 heterocycles. The molecule has 2 amide bonds. The lowest BCUT2D eigenvalue weighted by atomic mass is 10.1. The van der Waals surface area contributed by atoms with Gasteiger partial charge in [-0.3, -0.25) is 14.5 Å². The fraction of sp³-hybridized carbons (Fsp3) is 0.353. The summed E-state index contributed by atoms with van der Waals surface area (Å²) in [7, 11) is -4.85. The van der Waals surface area contributed by atoms with Crippen molar-refractivity contribution in [2.45, 2.75) is 19.4 Å². The van der Waals surface area contributed by atoms with Crippen LogP contribution in [0.15, 0.2) is 30.5 Å². The maximum Gasteiger partial charge on any atom is 0.432 e. The summed E-state index contributed by atoms with van der Waals surface area (Å²) in [6, 6.07) is 4.09. The molecule has 0 aliphatic carbocycles. The highest BCUT2D eigenvalue weighted by molar-refractivity contribution is 7.49. The number of benzene rings is 1. The number of hydrogen-bond acceptors (Lipinski definition) is 6. The van der Waals surface area contributed by atoms with Gasteiger partial charge in [0.1, 0.15) is 11.9 Å². The van der Waals surface area contributed by atoms with E-state index in [0.717, 1.165) is 17.9 Å². The molecule has 0 bridgehead atoms. The van der Waals surface area contributed by atoms with E-state index in [2.05, 4.69) is 0 Å². The number of cyclic esters (lactones) is 1. The minimum absolute atomic E-state index is 0.0426. The zero-order chi connectivity index (χ0) is 21.3. The largest absolute Gasteiger partial charge is 0.442 e. The van der Waals surface area contributed by atoms with Crippen molar-refractivity contribution in [2.75, 3.05) is 29.4 Å². The van der Waals surface area contributed by atoms with E-state index in [1.54, 1.807) is 4.90 Å². The molecule has 1 fully saturated rings. The first-order valence-corrected chi connectivity index (χ1v) is 10.2. The summed E-state index contributed by atoms with van der Waals surface area (Å²) in [5.41, 5.74) is 0.437. The average molecular weight is 427 g/mol. The molecule has 0 aromatic heterocycles. The smallest absolute Gasteiger partial charge is 0.432 e. The van der Waals surface area contributed by atoms with Crippen LogP contribution in [0.4, 0.5) is 20.6 Å². The zero-order valence-electron chi connectivity index (χ0n) is 15.4. The Balaban J connectivity index is 1.74. The SMILES string of the molecule is CC(=O)N(C[C@H]1CN(c2ccc(N3C=CC(=O)CC3)c(F)c2)C(=O)O1)P(=O)(O)O. The van der Waals surface area contributed by atoms with E-state index >= 15 is 0 Å². The van der Waals surface area contributed by atoms with Crippen molar-refractivity contribution in [3.8, 4) is 0 Å². The highest BCUT2D eigenvalue weighted by atomic mass is 31.2. The van der Waals surface area contributed by atoms with E-state index < -0.39 is 38.2 Å². The summed E-state index contributed by atoms with van der Waals surface area (Å²) in [6.07, 6.45) is 1.31. The molecule has 29 heavy (non-hydrogen) atoms. The van der Waals surface area contributed by atoms with Crippen molar-refractivity contribution < 1.29 is 37.9 Å². The van der Waals surface area contributed by atoms with Crippen LogP contribution < -0.4 is 9.80 Å². The van der Waals surface area contributed by atoms with Gasteiger partial charge < -0.3 is 19.4 Å². The number of halogens is 1. The van der Waals surface area contributed by atoms with Crippen molar-refractivity contribution in [1.82, 2.24) is 4.67 Å². The normalized spacial score (nSPS) is 19.5. The second-order valence-electron chi connectivity index (χ2n) is 6.59. The highest BCUT2D eigenvalue weighted by Crippen LogP contribution is 2.40. The number of allylic oxidation sites excluding steroid dienone is 1. The van der Waals surface area contributed by atoms with Crippen LogP contribution in [-0.4, -0.2) is 58.0 Å². The van der Waals surface area contributed by atoms with Crippen LogP contribution in [0.5, 0.6) is 0 Å². The molecule has 10 nitrogen and oxygen atoms in total. The Morgan fingerprint density at radius 3 is 2.66 bits per heavy atom.